The number of imidazole rings is 1. The van der Waals surface area contributed by atoms with Crippen LogP contribution in [-0.2, 0) is 6.54 Å². The average molecular weight is 359 g/mol. The van der Waals surface area contributed by atoms with Gasteiger partial charge in [0.15, 0.2) is 0 Å². The highest BCUT2D eigenvalue weighted by molar-refractivity contribution is 6.30. The quantitative estimate of drug-likeness (QED) is 0.423. The van der Waals surface area contributed by atoms with Gasteiger partial charge in [-0.2, -0.15) is 0 Å². The second-order valence-corrected chi connectivity index (χ2v) is 6.79. The fourth-order valence-electron chi connectivity index (χ4n) is 3.09. The maximum Gasteiger partial charge on any atom is 0.134 e. The first-order valence-corrected chi connectivity index (χ1v) is 9.02. The maximum absolute atomic E-state index is 5.97. The van der Waals surface area contributed by atoms with Gasteiger partial charge in [0.2, 0.25) is 0 Å². The first-order valence-electron chi connectivity index (χ1n) is 8.64. The fraction of sp³-hybridized carbons (Fsp3) is 0.0870. The molecule has 3 aromatic carbocycles. The van der Waals surface area contributed by atoms with Crippen molar-refractivity contribution in [1.82, 2.24) is 9.55 Å². The Balaban J connectivity index is 1.76. The van der Waals surface area contributed by atoms with Gasteiger partial charge in [0.1, 0.15) is 5.82 Å². The molecule has 0 unspecified atom stereocenters. The molecule has 0 radical (unpaired) electrons. The molecule has 4 rings (SSSR count). The largest absolute Gasteiger partial charge is 0.320 e. The van der Waals surface area contributed by atoms with Crippen LogP contribution in [0.25, 0.3) is 23.2 Å². The van der Waals surface area contributed by atoms with Crippen LogP contribution in [0.2, 0.25) is 5.02 Å². The van der Waals surface area contributed by atoms with E-state index in [2.05, 4.69) is 66.1 Å². The standard InChI is InChI=1S/C23H19ClN2/c1-17-6-2-3-7-19(17)16-26-22-9-5-4-8-21(22)25-23(26)15-12-18-10-13-20(24)14-11-18/h2-15H,16H2,1H3/b15-12+. The molecule has 0 amide bonds. The van der Waals surface area contributed by atoms with Crippen LogP contribution in [0.5, 0.6) is 0 Å². The molecule has 0 aliphatic rings. The van der Waals surface area contributed by atoms with E-state index in [0.717, 1.165) is 34.0 Å². The Bertz CT molecular complexity index is 1080. The molecule has 0 bridgehead atoms. The van der Waals surface area contributed by atoms with Gasteiger partial charge in [-0.25, -0.2) is 4.98 Å². The molecule has 1 heterocycles. The topological polar surface area (TPSA) is 17.8 Å². The maximum atomic E-state index is 5.97. The first kappa shape index (κ1) is 16.6. The van der Waals surface area contributed by atoms with Crippen LogP contribution in [0.15, 0.2) is 72.8 Å². The lowest BCUT2D eigenvalue weighted by Crippen LogP contribution is -2.03. The summed E-state index contributed by atoms with van der Waals surface area (Å²) in [6.07, 6.45) is 4.15. The van der Waals surface area contributed by atoms with Crippen LogP contribution >= 0.6 is 11.6 Å². The summed E-state index contributed by atoms with van der Waals surface area (Å²) in [4.78, 5) is 4.82. The number of hydrogen-bond acceptors (Lipinski definition) is 1. The zero-order valence-corrected chi connectivity index (χ0v) is 15.3. The molecule has 0 N–H and O–H groups in total. The Labute approximate surface area is 158 Å². The molecule has 0 atom stereocenters. The van der Waals surface area contributed by atoms with E-state index < -0.39 is 0 Å². The van der Waals surface area contributed by atoms with Crippen molar-refractivity contribution in [2.24, 2.45) is 0 Å². The highest BCUT2D eigenvalue weighted by Gasteiger charge is 2.09. The minimum Gasteiger partial charge on any atom is -0.320 e. The van der Waals surface area contributed by atoms with Gasteiger partial charge in [-0.3, -0.25) is 0 Å². The molecular weight excluding hydrogens is 340 g/mol. The number of para-hydroxylation sites is 2. The lowest BCUT2D eigenvalue weighted by Gasteiger charge is -2.10. The minimum absolute atomic E-state index is 0.744. The van der Waals surface area contributed by atoms with Crippen molar-refractivity contribution >= 4 is 34.8 Å². The second kappa shape index (κ2) is 7.19. The van der Waals surface area contributed by atoms with E-state index in [-0.39, 0.29) is 0 Å². The summed E-state index contributed by atoms with van der Waals surface area (Å²) in [5.41, 5.74) is 5.85. The number of aromatic nitrogens is 2. The number of hydrogen-bond donors (Lipinski definition) is 0. The molecule has 2 nitrogen and oxygen atoms in total. The number of fused-ring (bicyclic) bond motifs is 1. The van der Waals surface area contributed by atoms with E-state index in [1.165, 1.54) is 11.1 Å². The van der Waals surface area contributed by atoms with Crippen molar-refractivity contribution in [3.8, 4) is 0 Å². The Morgan fingerprint density at radius 3 is 2.42 bits per heavy atom. The number of benzene rings is 3. The fourth-order valence-corrected chi connectivity index (χ4v) is 3.22. The van der Waals surface area contributed by atoms with Crippen molar-refractivity contribution in [2.45, 2.75) is 13.5 Å². The summed E-state index contributed by atoms with van der Waals surface area (Å²) >= 11 is 5.97. The van der Waals surface area contributed by atoms with E-state index in [0.29, 0.717) is 0 Å². The lowest BCUT2D eigenvalue weighted by atomic mass is 10.1. The number of nitrogens with zero attached hydrogens (tertiary/aromatic N) is 2. The number of rotatable bonds is 4. The van der Waals surface area contributed by atoms with Crippen molar-refractivity contribution in [1.29, 1.82) is 0 Å². The van der Waals surface area contributed by atoms with E-state index in [1.54, 1.807) is 0 Å². The van der Waals surface area contributed by atoms with Crippen molar-refractivity contribution in [3.05, 3.63) is 100 Å². The third-order valence-electron chi connectivity index (χ3n) is 4.57. The van der Waals surface area contributed by atoms with Gasteiger partial charge in [-0.05, 0) is 54.0 Å². The lowest BCUT2D eigenvalue weighted by molar-refractivity contribution is 0.808. The van der Waals surface area contributed by atoms with Gasteiger partial charge >= 0.3 is 0 Å². The Morgan fingerprint density at radius 2 is 1.62 bits per heavy atom. The van der Waals surface area contributed by atoms with Crippen molar-refractivity contribution < 1.29 is 0 Å². The monoisotopic (exact) mass is 358 g/mol. The normalized spacial score (nSPS) is 11.5. The van der Waals surface area contributed by atoms with Crippen LogP contribution in [0, 0.1) is 6.92 Å². The summed E-state index contributed by atoms with van der Waals surface area (Å²) in [7, 11) is 0. The molecule has 4 aromatic rings. The summed E-state index contributed by atoms with van der Waals surface area (Å²) in [6.45, 7) is 2.95. The van der Waals surface area contributed by atoms with Gasteiger partial charge in [0.25, 0.3) is 0 Å². The Hall–Kier alpha value is -2.84. The molecule has 0 saturated heterocycles. The molecule has 26 heavy (non-hydrogen) atoms. The first-order chi connectivity index (χ1) is 12.7. The average Bonchev–Trinajstić information content (AvgIpc) is 3.01. The zero-order valence-electron chi connectivity index (χ0n) is 14.6. The summed E-state index contributed by atoms with van der Waals surface area (Å²) in [5.74, 6) is 0.949. The number of halogens is 1. The van der Waals surface area contributed by atoms with Crippen LogP contribution in [-0.4, -0.2) is 9.55 Å². The third-order valence-corrected chi connectivity index (χ3v) is 4.82. The molecule has 0 aliphatic carbocycles. The van der Waals surface area contributed by atoms with E-state index >= 15 is 0 Å². The SMILES string of the molecule is Cc1ccccc1Cn1c(/C=C/c2ccc(Cl)cc2)nc2ccccc21. The summed E-state index contributed by atoms with van der Waals surface area (Å²) in [5, 5.41) is 0.744. The smallest absolute Gasteiger partial charge is 0.134 e. The highest BCUT2D eigenvalue weighted by Crippen LogP contribution is 2.21. The molecule has 1 aromatic heterocycles. The second-order valence-electron chi connectivity index (χ2n) is 6.36. The minimum atomic E-state index is 0.744. The molecular formula is C23H19ClN2. The van der Waals surface area contributed by atoms with Gasteiger partial charge < -0.3 is 4.57 Å². The van der Waals surface area contributed by atoms with E-state index in [9.17, 15) is 0 Å². The predicted molar refractivity (Wildman–Crippen MR) is 110 cm³/mol. The third kappa shape index (κ3) is 3.42. The van der Waals surface area contributed by atoms with Gasteiger partial charge in [-0.15, -0.1) is 0 Å². The zero-order chi connectivity index (χ0) is 17.9. The van der Waals surface area contributed by atoms with Crippen molar-refractivity contribution in [2.75, 3.05) is 0 Å². The molecule has 128 valence electrons. The van der Waals surface area contributed by atoms with Crippen LogP contribution in [0.3, 0.4) is 0 Å². The van der Waals surface area contributed by atoms with E-state index in [4.69, 9.17) is 16.6 Å². The summed E-state index contributed by atoms with van der Waals surface area (Å²) < 4.78 is 2.27. The summed E-state index contributed by atoms with van der Waals surface area (Å²) in [6, 6.07) is 24.6. The molecule has 0 spiro atoms. The van der Waals surface area contributed by atoms with Gasteiger partial charge in [0.05, 0.1) is 11.0 Å². The Kier molecular flexibility index (Phi) is 4.59. The van der Waals surface area contributed by atoms with E-state index in [1.807, 2.05) is 30.3 Å². The number of aryl methyl sites for hydroxylation is 1. The van der Waals surface area contributed by atoms with Crippen LogP contribution in [0.1, 0.15) is 22.5 Å². The highest BCUT2D eigenvalue weighted by atomic mass is 35.5. The van der Waals surface area contributed by atoms with Gasteiger partial charge in [0, 0.05) is 11.6 Å². The van der Waals surface area contributed by atoms with Crippen molar-refractivity contribution in [3.63, 3.8) is 0 Å². The Morgan fingerprint density at radius 1 is 0.885 bits per heavy atom. The molecule has 0 fully saturated rings. The van der Waals surface area contributed by atoms with Crippen LogP contribution < -0.4 is 0 Å². The molecule has 0 aliphatic heterocycles. The predicted octanol–water partition coefficient (Wildman–Crippen LogP) is 6.22. The van der Waals surface area contributed by atoms with Gasteiger partial charge in [-0.1, -0.05) is 66.2 Å². The molecule has 0 saturated carbocycles. The van der Waals surface area contributed by atoms with Crippen LogP contribution in [0.4, 0.5) is 0 Å². The molecule has 3 heteroatoms.